The lowest BCUT2D eigenvalue weighted by molar-refractivity contribution is 0.288. The second-order valence-corrected chi connectivity index (χ2v) is 4.14. The maximum Gasteiger partial charge on any atom is 0.164 e. The highest BCUT2D eigenvalue weighted by Gasteiger charge is 2.04. The molecule has 1 rings (SSSR count). The number of benzene rings is 1. The van der Waals surface area contributed by atoms with Crippen molar-refractivity contribution >= 4 is 0 Å². The van der Waals surface area contributed by atoms with Crippen LogP contribution in [0.1, 0.15) is 20.3 Å². The molecule has 4 heteroatoms. The first-order valence-corrected chi connectivity index (χ1v) is 5.86. The first-order valence-electron chi connectivity index (χ1n) is 5.86. The van der Waals surface area contributed by atoms with Gasteiger partial charge in [0.05, 0.1) is 13.7 Å². The first-order chi connectivity index (χ1) is 8.13. The number of rotatable bonds is 7. The molecule has 0 spiro atoms. The highest BCUT2D eigenvalue weighted by atomic mass is 16.5. The molecule has 4 nitrogen and oxygen atoms in total. The van der Waals surface area contributed by atoms with E-state index in [2.05, 4.69) is 19.2 Å². The van der Waals surface area contributed by atoms with Crippen LogP contribution in [0.15, 0.2) is 18.2 Å². The number of methoxy groups -OCH3 is 1. The molecular weight excluding hydrogens is 218 g/mol. The van der Waals surface area contributed by atoms with Gasteiger partial charge in [-0.1, -0.05) is 13.8 Å². The van der Waals surface area contributed by atoms with Gasteiger partial charge in [-0.25, -0.2) is 0 Å². The lowest BCUT2D eigenvalue weighted by atomic mass is 10.3. The maximum atomic E-state index is 9.58. The van der Waals surface area contributed by atoms with Crippen molar-refractivity contribution in [3.8, 4) is 17.2 Å². The average Bonchev–Trinajstić information content (AvgIpc) is 2.30. The summed E-state index contributed by atoms with van der Waals surface area (Å²) in [6.45, 7) is 5.69. The van der Waals surface area contributed by atoms with Crippen LogP contribution in [0.25, 0.3) is 0 Å². The van der Waals surface area contributed by atoms with E-state index in [1.165, 1.54) is 0 Å². The van der Waals surface area contributed by atoms with E-state index in [9.17, 15) is 5.11 Å². The first kappa shape index (κ1) is 13.6. The van der Waals surface area contributed by atoms with E-state index < -0.39 is 0 Å². The van der Waals surface area contributed by atoms with Gasteiger partial charge in [-0.05, 0) is 25.1 Å². The van der Waals surface area contributed by atoms with Gasteiger partial charge in [-0.15, -0.1) is 0 Å². The minimum Gasteiger partial charge on any atom is -0.504 e. The summed E-state index contributed by atoms with van der Waals surface area (Å²) in [5.41, 5.74) is 0. The van der Waals surface area contributed by atoms with Gasteiger partial charge < -0.3 is 19.9 Å². The van der Waals surface area contributed by atoms with Crippen molar-refractivity contribution in [1.29, 1.82) is 0 Å². The number of hydrogen-bond acceptors (Lipinski definition) is 4. The van der Waals surface area contributed by atoms with E-state index in [1.54, 1.807) is 25.3 Å². The second-order valence-electron chi connectivity index (χ2n) is 4.14. The molecule has 0 aliphatic carbocycles. The van der Waals surface area contributed by atoms with Crippen LogP contribution in [-0.2, 0) is 0 Å². The number of aromatic hydroxyl groups is 1. The average molecular weight is 239 g/mol. The van der Waals surface area contributed by atoms with E-state index in [4.69, 9.17) is 9.47 Å². The van der Waals surface area contributed by atoms with Gasteiger partial charge in [0, 0.05) is 12.1 Å². The van der Waals surface area contributed by atoms with Gasteiger partial charge in [-0.3, -0.25) is 0 Å². The Kier molecular flexibility index (Phi) is 5.63. The molecular formula is C13H21NO3. The summed E-state index contributed by atoms with van der Waals surface area (Å²) in [6.07, 6.45) is 0.898. The number of phenolic OH excluding ortho intramolecular Hbond substituents is 1. The number of phenols is 1. The van der Waals surface area contributed by atoms with Crippen molar-refractivity contribution in [1.82, 2.24) is 5.32 Å². The summed E-state index contributed by atoms with van der Waals surface area (Å²) in [5, 5.41) is 12.9. The molecule has 0 heterocycles. The summed E-state index contributed by atoms with van der Waals surface area (Å²) in [7, 11) is 1.59. The Labute approximate surface area is 103 Å². The molecule has 0 unspecified atom stereocenters. The summed E-state index contributed by atoms with van der Waals surface area (Å²) >= 11 is 0. The van der Waals surface area contributed by atoms with E-state index in [0.717, 1.165) is 13.0 Å². The van der Waals surface area contributed by atoms with Gasteiger partial charge in [0.15, 0.2) is 11.5 Å². The quantitative estimate of drug-likeness (QED) is 0.716. The normalized spacial score (nSPS) is 10.6. The molecule has 0 bridgehead atoms. The van der Waals surface area contributed by atoms with Gasteiger partial charge in [0.1, 0.15) is 5.75 Å². The van der Waals surface area contributed by atoms with Gasteiger partial charge >= 0.3 is 0 Å². The minimum absolute atomic E-state index is 0.141. The van der Waals surface area contributed by atoms with Crippen LogP contribution >= 0.6 is 0 Å². The van der Waals surface area contributed by atoms with Gasteiger partial charge in [0.2, 0.25) is 0 Å². The zero-order valence-corrected chi connectivity index (χ0v) is 10.7. The largest absolute Gasteiger partial charge is 0.504 e. The predicted molar refractivity (Wildman–Crippen MR) is 67.9 cm³/mol. The summed E-state index contributed by atoms with van der Waals surface area (Å²) in [4.78, 5) is 0. The molecule has 17 heavy (non-hydrogen) atoms. The molecule has 1 aromatic rings. The van der Waals surface area contributed by atoms with E-state index in [0.29, 0.717) is 24.1 Å². The molecule has 2 N–H and O–H groups in total. The standard InChI is InChI=1S/C13H21NO3/c1-10(2)14-7-4-8-17-13-9-11(16-3)5-6-12(13)15/h5-6,9-10,14-15H,4,7-8H2,1-3H3. The van der Waals surface area contributed by atoms with Crippen molar-refractivity contribution in [3.05, 3.63) is 18.2 Å². The zero-order valence-electron chi connectivity index (χ0n) is 10.7. The van der Waals surface area contributed by atoms with E-state index in [1.807, 2.05) is 0 Å². The van der Waals surface area contributed by atoms with Crippen molar-refractivity contribution in [2.45, 2.75) is 26.3 Å². The van der Waals surface area contributed by atoms with E-state index >= 15 is 0 Å². The molecule has 0 amide bonds. The fourth-order valence-electron chi connectivity index (χ4n) is 1.38. The van der Waals surface area contributed by atoms with Crippen LogP contribution in [0.4, 0.5) is 0 Å². The topological polar surface area (TPSA) is 50.7 Å². The lowest BCUT2D eigenvalue weighted by Crippen LogP contribution is -2.24. The molecule has 0 atom stereocenters. The van der Waals surface area contributed by atoms with Crippen LogP contribution in [-0.4, -0.2) is 31.4 Å². The van der Waals surface area contributed by atoms with Crippen LogP contribution in [0, 0.1) is 0 Å². The lowest BCUT2D eigenvalue weighted by Gasteiger charge is -2.11. The summed E-state index contributed by atoms with van der Waals surface area (Å²) in [6, 6.07) is 5.44. The maximum absolute atomic E-state index is 9.58. The molecule has 1 aromatic carbocycles. The zero-order chi connectivity index (χ0) is 12.7. The molecule has 0 aliphatic rings. The summed E-state index contributed by atoms with van der Waals surface area (Å²) < 4.78 is 10.6. The van der Waals surface area contributed by atoms with Crippen molar-refractivity contribution in [2.75, 3.05) is 20.3 Å². The monoisotopic (exact) mass is 239 g/mol. The Morgan fingerprint density at radius 2 is 2.12 bits per heavy atom. The van der Waals surface area contributed by atoms with Gasteiger partial charge in [-0.2, -0.15) is 0 Å². The van der Waals surface area contributed by atoms with E-state index in [-0.39, 0.29) is 5.75 Å². The molecule has 0 saturated carbocycles. The fourth-order valence-corrected chi connectivity index (χ4v) is 1.38. The van der Waals surface area contributed by atoms with Crippen molar-refractivity contribution < 1.29 is 14.6 Å². The molecule has 0 saturated heterocycles. The molecule has 0 aromatic heterocycles. The van der Waals surface area contributed by atoms with Crippen LogP contribution in [0.2, 0.25) is 0 Å². The molecule has 96 valence electrons. The fraction of sp³-hybridized carbons (Fsp3) is 0.538. The smallest absolute Gasteiger partial charge is 0.164 e. The second kappa shape index (κ2) is 7.01. The minimum atomic E-state index is 0.141. The molecule has 0 aliphatic heterocycles. The van der Waals surface area contributed by atoms with Gasteiger partial charge in [0.25, 0.3) is 0 Å². The predicted octanol–water partition coefficient (Wildman–Crippen LogP) is 2.17. The highest BCUT2D eigenvalue weighted by molar-refractivity contribution is 5.44. The number of hydrogen-bond donors (Lipinski definition) is 2. The third-order valence-electron chi connectivity index (χ3n) is 2.30. The third kappa shape index (κ3) is 4.95. The van der Waals surface area contributed by atoms with Crippen molar-refractivity contribution in [2.24, 2.45) is 0 Å². The molecule has 0 radical (unpaired) electrons. The number of nitrogens with one attached hydrogen (secondary N) is 1. The van der Waals surface area contributed by atoms with Crippen LogP contribution < -0.4 is 14.8 Å². The Balaban J connectivity index is 2.35. The number of ether oxygens (including phenoxy) is 2. The highest BCUT2D eigenvalue weighted by Crippen LogP contribution is 2.30. The van der Waals surface area contributed by atoms with Crippen LogP contribution in [0.3, 0.4) is 0 Å². The Hall–Kier alpha value is -1.42. The Bertz CT molecular complexity index is 339. The Morgan fingerprint density at radius 1 is 1.35 bits per heavy atom. The molecule has 0 fully saturated rings. The summed E-state index contributed by atoms with van der Waals surface area (Å²) in [5.74, 6) is 1.29. The Morgan fingerprint density at radius 3 is 2.76 bits per heavy atom. The van der Waals surface area contributed by atoms with Crippen LogP contribution in [0.5, 0.6) is 17.2 Å². The van der Waals surface area contributed by atoms with Crippen molar-refractivity contribution in [3.63, 3.8) is 0 Å². The SMILES string of the molecule is COc1ccc(O)c(OCCCNC(C)C)c1. The third-order valence-corrected chi connectivity index (χ3v) is 2.30.